The molecule has 182 valence electrons. The van der Waals surface area contributed by atoms with Gasteiger partial charge >= 0.3 is 6.36 Å². The Labute approximate surface area is 198 Å². The van der Waals surface area contributed by atoms with Gasteiger partial charge in [-0.05, 0) is 49.1 Å². The lowest BCUT2D eigenvalue weighted by Gasteiger charge is -2.08. The van der Waals surface area contributed by atoms with Gasteiger partial charge in [-0.1, -0.05) is 17.3 Å². The summed E-state index contributed by atoms with van der Waals surface area (Å²) in [6, 6.07) is 9.07. The second-order valence-corrected chi connectivity index (χ2v) is 7.40. The van der Waals surface area contributed by atoms with Gasteiger partial charge in [-0.25, -0.2) is 4.98 Å². The standard InChI is InChI=1S/C23H21F3N6O3/c24-23(25,26)35-20-8-4-17(5-9-20)6-10-21-28-19(15-33-21)16-34-22-11-7-18(29-30-22)3-1-2-13-32-14-12-27-31-32/h4-12,14-15H,1-3,13,16H2. The molecule has 1 aromatic carbocycles. The molecule has 0 atom stereocenters. The fraction of sp³-hybridized carbons (Fsp3) is 0.261. The first kappa shape index (κ1) is 23.9. The van der Waals surface area contributed by atoms with E-state index in [2.05, 4.69) is 30.2 Å². The molecule has 0 N–H and O–H groups in total. The number of unbranched alkanes of at least 4 members (excludes halogenated alkanes) is 1. The summed E-state index contributed by atoms with van der Waals surface area (Å²) in [5.41, 5.74) is 2.09. The second kappa shape index (κ2) is 11.3. The van der Waals surface area contributed by atoms with E-state index in [4.69, 9.17) is 9.15 Å². The van der Waals surface area contributed by atoms with Crippen molar-refractivity contribution in [1.29, 1.82) is 0 Å². The van der Waals surface area contributed by atoms with Crippen LogP contribution in [-0.4, -0.2) is 36.5 Å². The van der Waals surface area contributed by atoms with E-state index in [-0.39, 0.29) is 12.4 Å². The number of hydrogen-bond acceptors (Lipinski definition) is 8. The van der Waals surface area contributed by atoms with E-state index in [1.54, 1.807) is 29.1 Å². The van der Waals surface area contributed by atoms with Crippen LogP contribution >= 0.6 is 0 Å². The van der Waals surface area contributed by atoms with E-state index >= 15 is 0 Å². The van der Waals surface area contributed by atoms with E-state index in [1.807, 2.05) is 12.3 Å². The first-order valence-corrected chi connectivity index (χ1v) is 10.7. The minimum atomic E-state index is -4.72. The highest BCUT2D eigenvalue weighted by molar-refractivity contribution is 5.66. The summed E-state index contributed by atoms with van der Waals surface area (Å²) in [6.45, 7) is 0.958. The number of halogens is 3. The molecule has 3 heterocycles. The molecule has 0 aliphatic carbocycles. The molecule has 0 fully saturated rings. The third-order valence-corrected chi connectivity index (χ3v) is 4.71. The summed E-state index contributed by atoms with van der Waals surface area (Å²) >= 11 is 0. The highest BCUT2D eigenvalue weighted by Gasteiger charge is 2.30. The van der Waals surface area contributed by atoms with Gasteiger partial charge in [0.2, 0.25) is 11.8 Å². The lowest BCUT2D eigenvalue weighted by molar-refractivity contribution is -0.274. The smallest absolute Gasteiger partial charge is 0.470 e. The largest absolute Gasteiger partial charge is 0.573 e. The molecule has 3 aromatic heterocycles. The lowest BCUT2D eigenvalue weighted by Crippen LogP contribution is -2.16. The molecule has 0 spiro atoms. The Bertz CT molecular complexity index is 1210. The molecule has 9 nitrogen and oxygen atoms in total. The van der Waals surface area contributed by atoms with Crippen LogP contribution in [0.1, 0.15) is 35.7 Å². The summed E-state index contributed by atoms with van der Waals surface area (Å²) < 4.78 is 53.3. The van der Waals surface area contributed by atoms with Gasteiger partial charge in [0, 0.05) is 24.9 Å². The Morgan fingerprint density at radius 3 is 2.54 bits per heavy atom. The summed E-state index contributed by atoms with van der Waals surface area (Å²) in [5, 5.41) is 16.0. The molecular weight excluding hydrogens is 465 g/mol. The molecule has 0 aliphatic rings. The molecule has 0 saturated carbocycles. The van der Waals surface area contributed by atoms with Crippen LogP contribution in [0.4, 0.5) is 13.2 Å². The number of alkyl halides is 3. The minimum Gasteiger partial charge on any atom is -0.470 e. The van der Waals surface area contributed by atoms with Gasteiger partial charge in [0.05, 0.1) is 11.9 Å². The molecular formula is C23H21F3N6O3. The number of ether oxygens (including phenoxy) is 2. The molecule has 0 unspecified atom stereocenters. The molecule has 12 heteroatoms. The van der Waals surface area contributed by atoms with Gasteiger partial charge in [0.15, 0.2) is 0 Å². The summed E-state index contributed by atoms with van der Waals surface area (Å²) in [6.07, 6.45) is 6.20. The summed E-state index contributed by atoms with van der Waals surface area (Å²) in [5.74, 6) is 0.411. The van der Waals surface area contributed by atoms with Gasteiger partial charge in [-0.3, -0.25) is 4.68 Å². The number of nitrogens with zero attached hydrogens (tertiary/aromatic N) is 6. The first-order chi connectivity index (χ1) is 16.9. The van der Waals surface area contributed by atoms with Crippen molar-refractivity contribution >= 4 is 12.2 Å². The number of hydrogen-bond donors (Lipinski definition) is 0. The van der Waals surface area contributed by atoms with E-state index in [0.29, 0.717) is 23.0 Å². The quantitative estimate of drug-likeness (QED) is 0.281. The van der Waals surface area contributed by atoms with Crippen LogP contribution in [0.2, 0.25) is 0 Å². The lowest BCUT2D eigenvalue weighted by atomic mass is 10.2. The predicted molar refractivity (Wildman–Crippen MR) is 118 cm³/mol. The van der Waals surface area contributed by atoms with Gasteiger partial charge in [-0.15, -0.1) is 23.4 Å². The van der Waals surface area contributed by atoms with Crippen LogP contribution < -0.4 is 9.47 Å². The van der Waals surface area contributed by atoms with Crippen LogP contribution in [0.25, 0.3) is 12.2 Å². The van der Waals surface area contributed by atoms with E-state index in [1.165, 1.54) is 30.5 Å². The maximum Gasteiger partial charge on any atom is 0.573 e. The van der Waals surface area contributed by atoms with Crippen molar-refractivity contribution in [2.24, 2.45) is 0 Å². The van der Waals surface area contributed by atoms with Crippen molar-refractivity contribution in [3.8, 4) is 11.6 Å². The summed E-state index contributed by atoms with van der Waals surface area (Å²) in [4.78, 5) is 4.28. The fourth-order valence-corrected chi connectivity index (χ4v) is 3.05. The highest BCUT2D eigenvalue weighted by Crippen LogP contribution is 2.23. The van der Waals surface area contributed by atoms with Crippen LogP contribution in [0, 0.1) is 0 Å². The first-order valence-electron chi connectivity index (χ1n) is 10.7. The maximum absolute atomic E-state index is 12.2. The number of benzene rings is 1. The van der Waals surface area contributed by atoms with Crippen LogP contribution in [0.3, 0.4) is 0 Å². The molecule has 0 bridgehead atoms. The third-order valence-electron chi connectivity index (χ3n) is 4.71. The average Bonchev–Trinajstić information content (AvgIpc) is 3.52. The molecule has 35 heavy (non-hydrogen) atoms. The average molecular weight is 486 g/mol. The van der Waals surface area contributed by atoms with Crippen molar-refractivity contribution in [3.63, 3.8) is 0 Å². The maximum atomic E-state index is 12.2. The Kier molecular flexibility index (Phi) is 7.70. The van der Waals surface area contributed by atoms with Gasteiger partial charge in [0.25, 0.3) is 0 Å². The van der Waals surface area contributed by atoms with Crippen molar-refractivity contribution in [1.82, 2.24) is 30.2 Å². The van der Waals surface area contributed by atoms with Crippen molar-refractivity contribution in [2.45, 2.75) is 38.8 Å². The normalized spacial score (nSPS) is 11.7. The zero-order valence-electron chi connectivity index (χ0n) is 18.4. The number of aromatic nitrogens is 6. The molecule has 0 saturated heterocycles. The van der Waals surface area contributed by atoms with E-state index in [0.717, 1.165) is 31.5 Å². The zero-order chi connectivity index (χ0) is 24.5. The van der Waals surface area contributed by atoms with Gasteiger partial charge < -0.3 is 13.9 Å². The minimum absolute atomic E-state index is 0.146. The Morgan fingerprint density at radius 2 is 1.83 bits per heavy atom. The predicted octanol–water partition coefficient (Wildman–Crippen LogP) is 4.73. The Morgan fingerprint density at radius 1 is 0.971 bits per heavy atom. The molecule has 4 rings (SSSR count). The molecule has 0 radical (unpaired) electrons. The van der Waals surface area contributed by atoms with Crippen LogP contribution in [-0.2, 0) is 19.6 Å². The van der Waals surface area contributed by atoms with Crippen molar-refractivity contribution in [2.75, 3.05) is 0 Å². The van der Waals surface area contributed by atoms with Crippen LogP contribution in [0.15, 0.2) is 59.5 Å². The zero-order valence-corrected chi connectivity index (χ0v) is 18.4. The Hall–Kier alpha value is -4.22. The number of rotatable bonds is 11. The fourth-order valence-electron chi connectivity index (χ4n) is 3.05. The number of aryl methyl sites for hydroxylation is 2. The SMILES string of the molecule is FC(F)(F)Oc1ccc(C=Cc2nc(COc3ccc(CCCCn4ccnn4)nn3)co2)cc1. The van der Waals surface area contributed by atoms with E-state index < -0.39 is 6.36 Å². The molecule has 0 aliphatic heterocycles. The highest BCUT2D eigenvalue weighted by atomic mass is 19.4. The second-order valence-electron chi connectivity index (χ2n) is 7.40. The molecule has 4 aromatic rings. The third kappa shape index (κ3) is 7.95. The van der Waals surface area contributed by atoms with Crippen molar-refractivity contribution in [3.05, 3.63) is 77.9 Å². The van der Waals surface area contributed by atoms with Crippen molar-refractivity contribution < 1.29 is 27.1 Å². The van der Waals surface area contributed by atoms with E-state index in [9.17, 15) is 13.2 Å². The monoisotopic (exact) mass is 486 g/mol. The van der Waals surface area contributed by atoms with Gasteiger partial charge in [-0.2, -0.15) is 5.10 Å². The summed E-state index contributed by atoms with van der Waals surface area (Å²) in [7, 11) is 0. The number of oxazole rings is 1. The molecule has 0 amide bonds. The van der Waals surface area contributed by atoms with Crippen LogP contribution in [0.5, 0.6) is 11.6 Å². The van der Waals surface area contributed by atoms with Gasteiger partial charge in [0.1, 0.15) is 24.3 Å². The Balaban J connectivity index is 1.20. The topological polar surface area (TPSA) is 101 Å².